The summed E-state index contributed by atoms with van der Waals surface area (Å²) in [7, 11) is 4.11. The number of aromatic nitrogens is 1. The topological polar surface area (TPSA) is 72.7 Å². The molecule has 1 heterocycles. The number of hydrazone groups is 1. The summed E-state index contributed by atoms with van der Waals surface area (Å²) in [5.41, 5.74) is 4.56. The van der Waals surface area contributed by atoms with Crippen LogP contribution in [0.25, 0.3) is 10.9 Å². The number of amides is 2. The minimum atomic E-state index is -4.40. The van der Waals surface area contributed by atoms with Gasteiger partial charge >= 0.3 is 12.1 Å². The number of hydrogen-bond acceptors (Lipinski definition) is 4. The number of nitrogens with one attached hydrogen (secondary N) is 1. The summed E-state index contributed by atoms with van der Waals surface area (Å²) in [4.78, 5) is 24.7. The first-order valence-corrected chi connectivity index (χ1v) is 11.0. The molecule has 3 aromatic rings. The molecule has 2 aromatic carbocycles. The number of carbonyl (C=O) groups excluding carboxylic acids is 2. The van der Waals surface area contributed by atoms with E-state index in [1.54, 1.807) is 31.4 Å². The lowest BCUT2D eigenvalue weighted by Crippen LogP contribution is -2.51. The van der Waals surface area contributed by atoms with Crippen molar-refractivity contribution in [2.75, 3.05) is 27.7 Å². The summed E-state index contributed by atoms with van der Waals surface area (Å²) < 4.78 is 44.4. The van der Waals surface area contributed by atoms with Gasteiger partial charge < -0.3 is 9.30 Å². The van der Waals surface area contributed by atoms with Crippen molar-refractivity contribution in [2.45, 2.75) is 25.6 Å². The molecule has 0 atom stereocenters. The fourth-order valence-corrected chi connectivity index (χ4v) is 3.73. The lowest BCUT2D eigenvalue weighted by atomic mass is 10.1. The van der Waals surface area contributed by atoms with Gasteiger partial charge in [-0.1, -0.05) is 12.1 Å². The van der Waals surface area contributed by atoms with Gasteiger partial charge in [0.25, 0.3) is 5.91 Å². The van der Waals surface area contributed by atoms with Gasteiger partial charge in [0.1, 0.15) is 5.75 Å². The van der Waals surface area contributed by atoms with E-state index in [-0.39, 0.29) is 12.3 Å². The van der Waals surface area contributed by atoms with Crippen LogP contribution >= 0.6 is 0 Å². The number of halogens is 3. The number of nitrogens with zero attached hydrogens (tertiary/aromatic N) is 3. The van der Waals surface area contributed by atoms with Crippen LogP contribution in [0.1, 0.15) is 28.8 Å². The van der Waals surface area contributed by atoms with Crippen LogP contribution in [-0.2, 0) is 11.3 Å². The number of quaternary nitrogens is 1. The first-order chi connectivity index (χ1) is 16.5. The van der Waals surface area contributed by atoms with Crippen LogP contribution in [0, 0.1) is 0 Å². The van der Waals surface area contributed by atoms with E-state index in [1.165, 1.54) is 20.3 Å². The highest BCUT2D eigenvalue weighted by molar-refractivity contribution is 5.98. The zero-order valence-electron chi connectivity index (χ0n) is 19.8. The Hall–Kier alpha value is -3.66. The third-order valence-corrected chi connectivity index (χ3v) is 5.55. The predicted molar refractivity (Wildman–Crippen MR) is 127 cm³/mol. The zero-order valence-corrected chi connectivity index (χ0v) is 19.8. The zero-order chi connectivity index (χ0) is 25.6. The largest absolute Gasteiger partial charge is 0.497 e. The lowest BCUT2D eigenvalue weighted by Gasteiger charge is -2.27. The van der Waals surface area contributed by atoms with E-state index < -0.39 is 23.1 Å². The molecule has 1 N–H and O–H groups in total. The first-order valence-electron chi connectivity index (χ1n) is 11.0. The second kappa shape index (κ2) is 10.7. The van der Waals surface area contributed by atoms with Gasteiger partial charge in [0.05, 0.1) is 33.8 Å². The van der Waals surface area contributed by atoms with Gasteiger partial charge in [-0.3, -0.25) is 9.28 Å². The van der Waals surface area contributed by atoms with E-state index in [0.29, 0.717) is 24.3 Å². The van der Waals surface area contributed by atoms with E-state index in [9.17, 15) is 22.8 Å². The van der Waals surface area contributed by atoms with Gasteiger partial charge in [0, 0.05) is 29.2 Å². The van der Waals surface area contributed by atoms with Crippen molar-refractivity contribution in [1.82, 2.24) is 9.99 Å². The fraction of sp³-hybridized carbons (Fsp3) is 0.320. The maximum Gasteiger partial charge on any atom is 0.438 e. The van der Waals surface area contributed by atoms with Crippen LogP contribution in [0.3, 0.4) is 0 Å². The van der Waals surface area contributed by atoms with Crippen molar-refractivity contribution in [1.29, 1.82) is 0 Å². The summed E-state index contributed by atoms with van der Waals surface area (Å²) in [6, 6.07) is 14.3. The predicted octanol–water partition coefficient (Wildman–Crippen LogP) is 4.36. The molecular formula is C25H28F3N4O3+. The molecule has 0 saturated heterocycles. The maximum atomic E-state index is 12.7. The van der Waals surface area contributed by atoms with E-state index in [1.807, 2.05) is 35.0 Å². The molecule has 0 spiro atoms. The quantitative estimate of drug-likeness (QED) is 0.276. The highest BCUT2D eigenvalue weighted by Crippen LogP contribution is 2.22. The molecule has 0 aliphatic rings. The normalized spacial score (nSPS) is 12.3. The Kier molecular flexibility index (Phi) is 7.96. The Labute approximate surface area is 201 Å². The van der Waals surface area contributed by atoms with Crippen LogP contribution < -0.4 is 10.2 Å². The minimum Gasteiger partial charge on any atom is -0.497 e. The summed E-state index contributed by atoms with van der Waals surface area (Å²) in [6.07, 6.45) is -0.614. The van der Waals surface area contributed by atoms with Gasteiger partial charge in [0.15, 0.2) is 6.54 Å². The van der Waals surface area contributed by atoms with E-state index in [0.717, 1.165) is 16.5 Å². The number of benzene rings is 2. The van der Waals surface area contributed by atoms with E-state index in [2.05, 4.69) is 10.5 Å². The van der Waals surface area contributed by atoms with E-state index >= 15 is 0 Å². The fourth-order valence-electron chi connectivity index (χ4n) is 3.73. The number of aryl methyl sites for hydroxylation is 1. The molecule has 0 aliphatic heterocycles. The van der Waals surface area contributed by atoms with Crippen LogP contribution in [0.2, 0.25) is 0 Å². The molecule has 10 heteroatoms. The second-order valence-corrected chi connectivity index (χ2v) is 8.71. The Morgan fingerprint density at radius 3 is 2.63 bits per heavy atom. The lowest BCUT2D eigenvalue weighted by molar-refractivity contribution is -0.826. The van der Waals surface area contributed by atoms with Gasteiger partial charge in [-0.25, -0.2) is 10.2 Å². The Bertz CT molecular complexity index is 1230. The summed E-state index contributed by atoms with van der Waals surface area (Å²) >= 11 is 0. The van der Waals surface area contributed by atoms with Gasteiger partial charge in [-0.2, -0.15) is 18.3 Å². The Balaban J connectivity index is 1.58. The molecule has 2 amide bonds. The third kappa shape index (κ3) is 7.16. The standard InChI is InChI=1S/C25H27F3N4O3/c1-32(2,17-25(26,27)28)23(33)8-5-12-31-13-11-19-15-20(9-10-22(19)31)24(34)30-29-16-18-6-4-7-21(14-18)35-3/h4,6-7,9-11,13-16H,5,8,12,17H2,1-3H3/p+1/b29-16+. The van der Waals surface area contributed by atoms with Crippen molar-refractivity contribution < 1.29 is 32.0 Å². The number of rotatable bonds is 9. The number of alkyl halides is 3. The maximum absolute atomic E-state index is 12.7. The Morgan fingerprint density at radius 1 is 1.14 bits per heavy atom. The summed E-state index contributed by atoms with van der Waals surface area (Å²) in [5.74, 6) is -0.148. The van der Waals surface area contributed by atoms with E-state index in [4.69, 9.17) is 4.74 Å². The van der Waals surface area contributed by atoms with Gasteiger partial charge in [-0.05, 0) is 48.4 Å². The third-order valence-electron chi connectivity index (χ3n) is 5.55. The van der Waals surface area contributed by atoms with Gasteiger partial charge in [-0.15, -0.1) is 0 Å². The van der Waals surface area contributed by atoms with Crippen molar-refractivity contribution in [3.8, 4) is 5.75 Å². The molecule has 0 saturated carbocycles. The van der Waals surface area contributed by atoms with Crippen molar-refractivity contribution in [3.63, 3.8) is 0 Å². The van der Waals surface area contributed by atoms with Crippen molar-refractivity contribution in [2.24, 2.45) is 5.10 Å². The molecule has 186 valence electrons. The number of fused-ring (bicyclic) bond motifs is 1. The van der Waals surface area contributed by atoms with Crippen molar-refractivity contribution >= 4 is 28.9 Å². The van der Waals surface area contributed by atoms with Gasteiger partial charge in [0.2, 0.25) is 0 Å². The molecule has 0 bridgehead atoms. The molecule has 1 aromatic heterocycles. The molecule has 7 nitrogen and oxygen atoms in total. The molecule has 35 heavy (non-hydrogen) atoms. The molecule has 0 unspecified atom stereocenters. The summed E-state index contributed by atoms with van der Waals surface area (Å²) in [6.45, 7) is -0.718. The molecule has 0 fully saturated rings. The van der Waals surface area contributed by atoms with Crippen molar-refractivity contribution in [3.05, 3.63) is 65.9 Å². The number of hydrogen-bond donors (Lipinski definition) is 1. The highest BCUT2D eigenvalue weighted by atomic mass is 19.4. The molecule has 3 rings (SSSR count). The number of methoxy groups -OCH3 is 1. The Morgan fingerprint density at radius 2 is 1.91 bits per heavy atom. The highest BCUT2D eigenvalue weighted by Gasteiger charge is 2.41. The number of carbonyl (C=O) groups is 2. The van der Waals surface area contributed by atoms with Crippen LogP contribution in [0.15, 0.2) is 59.8 Å². The monoisotopic (exact) mass is 489 g/mol. The molecule has 0 aliphatic carbocycles. The summed E-state index contributed by atoms with van der Waals surface area (Å²) in [5, 5.41) is 4.82. The average molecular weight is 490 g/mol. The van der Waals surface area contributed by atoms with Crippen LogP contribution in [-0.4, -0.2) is 61.0 Å². The average Bonchev–Trinajstić information content (AvgIpc) is 3.19. The van der Waals surface area contributed by atoms with Crippen LogP contribution in [0.4, 0.5) is 13.2 Å². The van der Waals surface area contributed by atoms with Crippen LogP contribution in [0.5, 0.6) is 5.75 Å². The number of ether oxygens (including phenoxy) is 1. The smallest absolute Gasteiger partial charge is 0.438 e. The first kappa shape index (κ1) is 26.0. The second-order valence-electron chi connectivity index (χ2n) is 8.71. The molecular weight excluding hydrogens is 461 g/mol. The SMILES string of the molecule is COc1cccc(/C=N/NC(=O)c2ccc3c(ccn3CCCC(=O)[N+](C)(C)CC(F)(F)F)c2)c1. The minimum absolute atomic E-state index is 0.0362. The molecule has 0 radical (unpaired) electrons.